The standard InChI is InChI=1S/C19H25N3O2S2/c1-2-24-16-7-5-15(6-8-16)21-19(25)20-14-17(18-4-3-13-26-18)22-9-11-23-12-10-22/h3-8,13,17H,2,9-12,14H2,1H3,(H2,20,21,25)/t17-/m0/s1. The molecular formula is C19H25N3O2S2. The minimum absolute atomic E-state index is 0.305. The van der Waals surface area contributed by atoms with E-state index in [1.165, 1.54) is 4.88 Å². The molecule has 140 valence electrons. The maximum absolute atomic E-state index is 5.49. The molecule has 1 atom stereocenters. The molecule has 0 radical (unpaired) electrons. The molecule has 0 amide bonds. The van der Waals surface area contributed by atoms with E-state index >= 15 is 0 Å². The molecule has 26 heavy (non-hydrogen) atoms. The Bertz CT molecular complexity index is 671. The number of anilines is 1. The molecule has 1 aromatic heterocycles. The van der Waals surface area contributed by atoms with Crippen LogP contribution in [0, 0.1) is 0 Å². The van der Waals surface area contributed by atoms with E-state index in [9.17, 15) is 0 Å². The van der Waals surface area contributed by atoms with Gasteiger partial charge in [-0.15, -0.1) is 11.3 Å². The topological polar surface area (TPSA) is 45.8 Å². The van der Waals surface area contributed by atoms with E-state index in [0.29, 0.717) is 17.8 Å². The van der Waals surface area contributed by atoms with Crippen molar-refractivity contribution in [2.24, 2.45) is 0 Å². The van der Waals surface area contributed by atoms with Crippen LogP contribution in [-0.2, 0) is 4.74 Å². The van der Waals surface area contributed by atoms with Crippen molar-refractivity contribution < 1.29 is 9.47 Å². The molecule has 0 spiro atoms. The Kier molecular flexibility index (Phi) is 7.25. The first-order valence-electron chi connectivity index (χ1n) is 8.89. The Morgan fingerprint density at radius 1 is 1.27 bits per heavy atom. The Balaban J connectivity index is 1.55. The molecule has 3 rings (SSSR count). The number of thiocarbonyl (C=S) groups is 1. The van der Waals surface area contributed by atoms with Crippen LogP contribution in [0.5, 0.6) is 5.75 Å². The van der Waals surface area contributed by atoms with Crippen LogP contribution in [0.3, 0.4) is 0 Å². The molecule has 1 saturated heterocycles. The van der Waals surface area contributed by atoms with Crippen molar-refractivity contribution in [3.05, 3.63) is 46.7 Å². The van der Waals surface area contributed by atoms with Crippen LogP contribution in [0.2, 0.25) is 0 Å². The maximum Gasteiger partial charge on any atom is 0.170 e. The average molecular weight is 392 g/mol. The fraction of sp³-hybridized carbons (Fsp3) is 0.421. The van der Waals surface area contributed by atoms with E-state index in [-0.39, 0.29) is 0 Å². The van der Waals surface area contributed by atoms with Gasteiger partial charge in [-0.1, -0.05) is 6.07 Å². The van der Waals surface area contributed by atoms with Crippen LogP contribution in [0.4, 0.5) is 5.69 Å². The fourth-order valence-corrected chi connectivity index (χ4v) is 4.01. The SMILES string of the molecule is CCOc1ccc(NC(=S)NC[C@@H](c2cccs2)N2CCOCC2)cc1. The van der Waals surface area contributed by atoms with Gasteiger partial charge in [0.25, 0.3) is 0 Å². The minimum atomic E-state index is 0.305. The molecule has 1 aliphatic heterocycles. The summed E-state index contributed by atoms with van der Waals surface area (Å²) in [6.45, 7) is 6.88. The second-order valence-corrected chi connectivity index (χ2v) is 7.36. The van der Waals surface area contributed by atoms with Gasteiger partial charge in [-0.05, 0) is 54.9 Å². The fourth-order valence-electron chi connectivity index (χ4n) is 2.95. The van der Waals surface area contributed by atoms with Crippen molar-refractivity contribution in [1.82, 2.24) is 10.2 Å². The lowest BCUT2D eigenvalue weighted by molar-refractivity contribution is 0.0177. The Morgan fingerprint density at radius 2 is 2.04 bits per heavy atom. The summed E-state index contributed by atoms with van der Waals surface area (Å²) < 4.78 is 11.0. The first-order valence-corrected chi connectivity index (χ1v) is 10.2. The highest BCUT2D eigenvalue weighted by Gasteiger charge is 2.23. The van der Waals surface area contributed by atoms with Gasteiger partial charge in [-0.2, -0.15) is 0 Å². The molecule has 7 heteroatoms. The average Bonchev–Trinajstić information content (AvgIpc) is 3.19. The summed E-state index contributed by atoms with van der Waals surface area (Å²) in [5.41, 5.74) is 0.949. The molecular weight excluding hydrogens is 366 g/mol. The molecule has 5 nitrogen and oxygen atoms in total. The molecule has 0 aliphatic carbocycles. The molecule has 2 N–H and O–H groups in total. The second kappa shape index (κ2) is 9.87. The van der Waals surface area contributed by atoms with Gasteiger partial charge in [-0.25, -0.2) is 0 Å². The van der Waals surface area contributed by atoms with Crippen LogP contribution in [0.25, 0.3) is 0 Å². The number of morpholine rings is 1. The Morgan fingerprint density at radius 3 is 2.69 bits per heavy atom. The third-order valence-electron chi connectivity index (χ3n) is 4.24. The van der Waals surface area contributed by atoms with Crippen LogP contribution in [0.15, 0.2) is 41.8 Å². The lowest BCUT2D eigenvalue weighted by atomic mass is 10.2. The molecule has 0 saturated carbocycles. The third kappa shape index (κ3) is 5.41. The summed E-state index contributed by atoms with van der Waals surface area (Å²) in [4.78, 5) is 3.81. The van der Waals surface area contributed by atoms with Gasteiger partial charge in [0.2, 0.25) is 0 Å². The van der Waals surface area contributed by atoms with Gasteiger partial charge in [-0.3, -0.25) is 4.90 Å². The van der Waals surface area contributed by atoms with Crippen LogP contribution >= 0.6 is 23.6 Å². The largest absolute Gasteiger partial charge is 0.494 e. The summed E-state index contributed by atoms with van der Waals surface area (Å²) >= 11 is 7.26. The lowest BCUT2D eigenvalue weighted by Crippen LogP contribution is -2.44. The first-order chi connectivity index (χ1) is 12.8. The molecule has 1 aromatic carbocycles. The molecule has 1 fully saturated rings. The second-order valence-electron chi connectivity index (χ2n) is 5.97. The molecule has 1 aliphatic rings. The number of benzene rings is 1. The van der Waals surface area contributed by atoms with E-state index in [1.54, 1.807) is 11.3 Å². The summed E-state index contributed by atoms with van der Waals surface area (Å²) in [6, 6.07) is 12.4. The van der Waals surface area contributed by atoms with E-state index in [2.05, 4.69) is 33.0 Å². The smallest absolute Gasteiger partial charge is 0.170 e. The molecule has 2 heterocycles. The molecule has 0 bridgehead atoms. The first kappa shape index (κ1) is 19.1. The Labute approximate surface area is 164 Å². The number of thiophene rings is 1. The lowest BCUT2D eigenvalue weighted by Gasteiger charge is -2.34. The highest BCUT2D eigenvalue weighted by Crippen LogP contribution is 2.25. The Hall–Kier alpha value is -1.67. The van der Waals surface area contributed by atoms with Gasteiger partial charge in [0, 0.05) is 30.2 Å². The third-order valence-corrected chi connectivity index (χ3v) is 5.46. The zero-order valence-electron chi connectivity index (χ0n) is 14.9. The van der Waals surface area contributed by atoms with Gasteiger partial charge < -0.3 is 20.1 Å². The predicted molar refractivity (Wildman–Crippen MR) is 111 cm³/mol. The van der Waals surface area contributed by atoms with Crippen molar-refractivity contribution in [3.63, 3.8) is 0 Å². The summed E-state index contributed by atoms with van der Waals surface area (Å²) in [6.07, 6.45) is 0. The zero-order chi connectivity index (χ0) is 18.2. The minimum Gasteiger partial charge on any atom is -0.494 e. The van der Waals surface area contributed by atoms with Crippen molar-refractivity contribution >= 4 is 34.4 Å². The predicted octanol–water partition coefficient (Wildman–Crippen LogP) is 3.51. The zero-order valence-corrected chi connectivity index (χ0v) is 16.6. The van der Waals surface area contributed by atoms with Gasteiger partial charge in [0.05, 0.1) is 25.9 Å². The van der Waals surface area contributed by atoms with Crippen molar-refractivity contribution in [2.75, 3.05) is 44.8 Å². The molecule has 0 unspecified atom stereocenters. The monoisotopic (exact) mass is 391 g/mol. The summed E-state index contributed by atoms with van der Waals surface area (Å²) in [5.74, 6) is 0.863. The van der Waals surface area contributed by atoms with Gasteiger partial charge in [0.15, 0.2) is 5.11 Å². The highest BCUT2D eigenvalue weighted by molar-refractivity contribution is 7.80. The quantitative estimate of drug-likeness (QED) is 0.705. The van der Waals surface area contributed by atoms with Crippen LogP contribution in [0.1, 0.15) is 17.8 Å². The number of nitrogens with one attached hydrogen (secondary N) is 2. The van der Waals surface area contributed by atoms with E-state index in [1.807, 2.05) is 31.2 Å². The van der Waals surface area contributed by atoms with Crippen molar-refractivity contribution in [3.8, 4) is 5.75 Å². The number of ether oxygens (including phenoxy) is 2. The van der Waals surface area contributed by atoms with Crippen LogP contribution < -0.4 is 15.4 Å². The highest BCUT2D eigenvalue weighted by atomic mass is 32.1. The summed E-state index contributed by atoms with van der Waals surface area (Å²) in [5, 5.41) is 9.36. The van der Waals surface area contributed by atoms with Crippen molar-refractivity contribution in [2.45, 2.75) is 13.0 Å². The number of hydrogen-bond acceptors (Lipinski definition) is 5. The van der Waals surface area contributed by atoms with Gasteiger partial charge >= 0.3 is 0 Å². The van der Waals surface area contributed by atoms with E-state index in [0.717, 1.165) is 44.3 Å². The van der Waals surface area contributed by atoms with E-state index < -0.39 is 0 Å². The maximum atomic E-state index is 5.49. The van der Waals surface area contributed by atoms with Gasteiger partial charge in [0.1, 0.15) is 5.75 Å². The van der Waals surface area contributed by atoms with E-state index in [4.69, 9.17) is 21.7 Å². The number of hydrogen-bond donors (Lipinski definition) is 2. The number of nitrogens with zero attached hydrogens (tertiary/aromatic N) is 1. The molecule has 2 aromatic rings. The van der Waals surface area contributed by atoms with Crippen LogP contribution in [-0.4, -0.2) is 49.5 Å². The summed E-state index contributed by atoms with van der Waals surface area (Å²) in [7, 11) is 0. The van der Waals surface area contributed by atoms with Crippen molar-refractivity contribution in [1.29, 1.82) is 0 Å². The number of rotatable bonds is 7. The normalized spacial score (nSPS) is 16.0.